The quantitative estimate of drug-likeness (QED) is 0.400. The van der Waals surface area contributed by atoms with Crippen molar-refractivity contribution < 1.29 is 9.15 Å². The zero-order valence-corrected chi connectivity index (χ0v) is 16.6. The standard InChI is InChI=1S/C20H30N6O2/c1-2-27-16-5-10-23-20(24-11-7-18-6-3-17-28-18)26-14-12-25(13-15-26)19-21-8-4-9-22-19/h3-4,6,8-9,17H,2,5,7,10-16H2,1H3,(H,23,24). The van der Waals surface area contributed by atoms with Crippen LogP contribution in [0, 0.1) is 0 Å². The van der Waals surface area contributed by atoms with E-state index in [2.05, 4.69) is 25.1 Å². The minimum atomic E-state index is 0.749. The summed E-state index contributed by atoms with van der Waals surface area (Å²) >= 11 is 0. The maximum absolute atomic E-state index is 5.42. The zero-order valence-electron chi connectivity index (χ0n) is 16.6. The molecule has 152 valence electrons. The van der Waals surface area contributed by atoms with Crippen LogP contribution in [-0.4, -0.2) is 73.3 Å². The van der Waals surface area contributed by atoms with Crippen LogP contribution in [0.3, 0.4) is 0 Å². The van der Waals surface area contributed by atoms with E-state index in [1.807, 2.05) is 25.1 Å². The molecule has 0 amide bonds. The molecular weight excluding hydrogens is 356 g/mol. The molecule has 8 nitrogen and oxygen atoms in total. The molecule has 0 bridgehead atoms. The van der Waals surface area contributed by atoms with Gasteiger partial charge < -0.3 is 24.3 Å². The summed E-state index contributed by atoms with van der Waals surface area (Å²) in [6.45, 7) is 8.59. The third-order valence-corrected chi connectivity index (χ3v) is 4.56. The van der Waals surface area contributed by atoms with Gasteiger partial charge in [-0.3, -0.25) is 4.99 Å². The Morgan fingerprint density at radius 2 is 2.04 bits per heavy atom. The fourth-order valence-corrected chi connectivity index (χ4v) is 3.09. The highest BCUT2D eigenvalue weighted by atomic mass is 16.5. The van der Waals surface area contributed by atoms with Crippen molar-refractivity contribution in [1.82, 2.24) is 20.2 Å². The molecule has 1 N–H and O–H groups in total. The molecule has 1 saturated heterocycles. The lowest BCUT2D eigenvalue weighted by Gasteiger charge is -2.36. The number of furan rings is 1. The van der Waals surface area contributed by atoms with Crippen LogP contribution in [0.5, 0.6) is 0 Å². The van der Waals surface area contributed by atoms with E-state index in [9.17, 15) is 0 Å². The molecule has 3 rings (SSSR count). The van der Waals surface area contributed by atoms with Gasteiger partial charge in [0.1, 0.15) is 5.76 Å². The minimum absolute atomic E-state index is 0.749. The molecule has 3 heterocycles. The van der Waals surface area contributed by atoms with E-state index in [-0.39, 0.29) is 0 Å². The number of rotatable bonds is 9. The van der Waals surface area contributed by atoms with Gasteiger partial charge in [0, 0.05) is 71.3 Å². The van der Waals surface area contributed by atoms with Gasteiger partial charge in [-0.1, -0.05) is 0 Å². The summed E-state index contributed by atoms with van der Waals surface area (Å²) in [6.07, 6.45) is 7.05. The Morgan fingerprint density at radius 3 is 2.75 bits per heavy atom. The van der Waals surface area contributed by atoms with Gasteiger partial charge in [-0.25, -0.2) is 9.97 Å². The van der Waals surface area contributed by atoms with Crippen LogP contribution >= 0.6 is 0 Å². The molecular formula is C20H30N6O2. The molecule has 0 radical (unpaired) electrons. The van der Waals surface area contributed by atoms with Crippen molar-refractivity contribution in [3.05, 3.63) is 42.6 Å². The van der Waals surface area contributed by atoms with Crippen molar-refractivity contribution in [3.8, 4) is 0 Å². The summed E-state index contributed by atoms with van der Waals surface area (Å²) in [4.78, 5) is 18.0. The summed E-state index contributed by atoms with van der Waals surface area (Å²) in [5.74, 6) is 2.73. The largest absolute Gasteiger partial charge is 0.469 e. The van der Waals surface area contributed by atoms with Gasteiger partial charge in [0.15, 0.2) is 5.96 Å². The summed E-state index contributed by atoms with van der Waals surface area (Å²) in [5.41, 5.74) is 0. The molecule has 2 aromatic rings. The van der Waals surface area contributed by atoms with Crippen LogP contribution in [0.1, 0.15) is 19.1 Å². The van der Waals surface area contributed by atoms with E-state index < -0.39 is 0 Å². The molecule has 1 aliphatic heterocycles. The van der Waals surface area contributed by atoms with Crippen molar-refractivity contribution in [3.63, 3.8) is 0 Å². The summed E-state index contributed by atoms with van der Waals surface area (Å²) in [7, 11) is 0. The second-order valence-electron chi connectivity index (χ2n) is 6.53. The van der Waals surface area contributed by atoms with E-state index >= 15 is 0 Å². The first-order chi connectivity index (χ1) is 13.9. The summed E-state index contributed by atoms with van der Waals surface area (Å²) in [5, 5.41) is 3.50. The maximum Gasteiger partial charge on any atom is 0.225 e. The average Bonchev–Trinajstić information content (AvgIpc) is 3.27. The number of piperazine rings is 1. The number of nitrogens with one attached hydrogen (secondary N) is 1. The van der Waals surface area contributed by atoms with Crippen molar-refractivity contribution in [2.75, 3.05) is 57.4 Å². The normalized spacial score (nSPS) is 15.1. The van der Waals surface area contributed by atoms with Gasteiger partial charge >= 0.3 is 0 Å². The van der Waals surface area contributed by atoms with Crippen LogP contribution in [0.25, 0.3) is 0 Å². The molecule has 0 saturated carbocycles. The van der Waals surface area contributed by atoms with Crippen LogP contribution in [0.15, 0.2) is 46.3 Å². The van der Waals surface area contributed by atoms with Crippen molar-refractivity contribution in [2.45, 2.75) is 19.8 Å². The van der Waals surface area contributed by atoms with Gasteiger partial charge in [0.2, 0.25) is 5.95 Å². The van der Waals surface area contributed by atoms with Crippen molar-refractivity contribution in [1.29, 1.82) is 0 Å². The van der Waals surface area contributed by atoms with Gasteiger partial charge in [-0.15, -0.1) is 0 Å². The summed E-state index contributed by atoms with van der Waals surface area (Å²) in [6, 6.07) is 5.76. The smallest absolute Gasteiger partial charge is 0.225 e. The Labute approximate surface area is 166 Å². The van der Waals surface area contributed by atoms with Crippen LogP contribution in [0.4, 0.5) is 5.95 Å². The van der Waals surface area contributed by atoms with E-state index in [0.717, 1.165) is 83.0 Å². The third kappa shape index (κ3) is 6.23. The highest BCUT2D eigenvalue weighted by Crippen LogP contribution is 2.10. The Hall–Kier alpha value is -2.61. The number of hydrogen-bond donors (Lipinski definition) is 1. The average molecular weight is 387 g/mol. The molecule has 1 aliphatic rings. The number of aromatic nitrogens is 2. The van der Waals surface area contributed by atoms with Crippen LogP contribution < -0.4 is 10.2 Å². The number of guanidine groups is 1. The molecule has 2 aromatic heterocycles. The second kappa shape index (κ2) is 11.3. The molecule has 0 aliphatic carbocycles. The highest BCUT2D eigenvalue weighted by molar-refractivity contribution is 5.80. The van der Waals surface area contributed by atoms with Crippen molar-refractivity contribution >= 4 is 11.9 Å². The predicted octanol–water partition coefficient (Wildman–Crippen LogP) is 1.81. The number of aliphatic imine (C=N–C) groups is 1. The lowest BCUT2D eigenvalue weighted by molar-refractivity contribution is 0.146. The molecule has 0 aromatic carbocycles. The van der Waals surface area contributed by atoms with Crippen LogP contribution in [-0.2, 0) is 11.2 Å². The van der Waals surface area contributed by atoms with E-state index in [0.29, 0.717) is 0 Å². The zero-order chi connectivity index (χ0) is 19.4. The Morgan fingerprint density at radius 1 is 1.21 bits per heavy atom. The third-order valence-electron chi connectivity index (χ3n) is 4.56. The van der Waals surface area contributed by atoms with Gasteiger partial charge in [0.05, 0.1) is 6.26 Å². The highest BCUT2D eigenvalue weighted by Gasteiger charge is 2.21. The molecule has 1 fully saturated rings. The number of nitrogens with zero attached hydrogens (tertiary/aromatic N) is 5. The predicted molar refractivity (Wildman–Crippen MR) is 110 cm³/mol. The minimum Gasteiger partial charge on any atom is -0.469 e. The molecule has 0 spiro atoms. The monoisotopic (exact) mass is 386 g/mol. The molecule has 8 heteroatoms. The molecule has 0 unspecified atom stereocenters. The first kappa shape index (κ1) is 20.1. The lowest BCUT2D eigenvalue weighted by atomic mass is 10.3. The number of hydrogen-bond acceptors (Lipinski definition) is 6. The van der Waals surface area contributed by atoms with Gasteiger partial charge in [0.25, 0.3) is 0 Å². The van der Waals surface area contributed by atoms with E-state index in [4.69, 9.17) is 14.1 Å². The van der Waals surface area contributed by atoms with Gasteiger partial charge in [-0.05, 0) is 31.5 Å². The Kier molecular flexibility index (Phi) is 8.11. The first-order valence-corrected chi connectivity index (χ1v) is 10.0. The fraction of sp³-hybridized carbons (Fsp3) is 0.550. The lowest BCUT2D eigenvalue weighted by Crippen LogP contribution is -2.53. The van der Waals surface area contributed by atoms with E-state index in [1.54, 1.807) is 18.7 Å². The van der Waals surface area contributed by atoms with Crippen molar-refractivity contribution in [2.24, 2.45) is 4.99 Å². The van der Waals surface area contributed by atoms with Gasteiger partial charge in [-0.2, -0.15) is 0 Å². The molecule has 0 atom stereocenters. The SMILES string of the molecule is CCOCCCN=C(NCCc1ccco1)N1CCN(c2ncccn2)CC1. The summed E-state index contributed by atoms with van der Waals surface area (Å²) < 4.78 is 10.8. The number of anilines is 1. The first-order valence-electron chi connectivity index (χ1n) is 10.0. The van der Waals surface area contributed by atoms with Crippen LogP contribution in [0.2, 0.25) is 0 Å². The second-order valence-corrected chi connectivity index (χ2v) is 6.53. The Bertz CT molecular complexity index is 684. The molecule has 28 heavy (non-hydrogen) atoms. The maximum atomic E-state index is 5.42. The Balaban J connectivity index is 1.52. The van der Waals surface area contributed by atoms with E-state index in [1.165, 1.54) is 0 Å². The fourth-order valence-electron chi connectivity index (χ4n) is 3.09. The topological polar surface area (TPSA) is 79.0 Å². The number of ether oxygens (including phenoxy) is 1.